The van der Waals surface area contributed by atoms with Gasteiger partial charge < -0.3 is 20.3 Å². The molecule has 2 aliphatic rings. The van der Waals surface area contributed by atoms with E-state index in [-0.39, 0.29) is 6.04 Å². The molecular formula is C22H34N4O3. The first-order valence-corrected chi connectivity index (χ1v) is 10.7. The summed E-state index contributed by atoms with van der Waals surface area (Å²) in [6.45, 7) is 9.00. The normalized spacial score (nSPS) is 18.3. The standard InChI is InChI=1S/C22H34N4O3/c1-16(2)14-23-21(27)22(28)24-15-20(26-9-11-29-12-10-26)18-6-7-19-17(13-18)5-4-8-25(19)3/h6-7,13,16,20H,4-5,8-12,14-15H2,1-3H3,(H,23,27)(H,24,28)/t20-/m0/s1. The van der Waals surface area contributed by atoms with E-state index in [4.69, 9.17) is 4.74 Å². The largest absolute Gasteiger partial charge is 0.379 e. The first-order chi connectivity index (χ1) is 14.0. The second-order valence-electron chi connectivity index (χ2n) is 8.39. The average molecular weight is 403 g/mol. The van der Waals surface area contributed by atoms with E-state index in [0.717, 1.165) is 32.5 Å². The van der Waals surface area contributed by atoms with E-state index in [0.29, 0.717) is 32.2 Å². The van der Waals surface area contributed by atoms with Crippen LogP contribution in [0.3, 0.4) is 0 Å². The number of morpholine rings is 1. The Morgan fingerprint density at radius 1 is 1.07 bits per heavy atom. The van der Waals surface area contributed by atoms with E-state index < -0.39 is 11.8 Å². The summed E-state index contributed by atoms with van der Waals surface area (Å²) >= 11 is 0. The minimum absolute atomic E-state index is 0.0262. The van der Waals surface area contributed by atoms with E-state index in [1.54, 1.807) is 0 Å². The third-order valence-electron chi connectivity index (χ3n) is 5.66. The second-order valence-corrected chi connectivity index (χ2v) is 8.39. The van der Waals surface area contributed by atoms with Crippen molar-refractivity contribution in [2.24, 2.45) is 5.92 Å². The Hall–Kier alpha value is -2.12. The summed E-state index contributed by atoms with van der Waals surface area (Å²) in [5.41, 5.74) is 3.83. The number of hydrogen-bond acceptors (Lipinski definition) is 5. The molecule has 2 heterocycles. The van der Waals surface area contributed by atoms with Crippen molar-refractivity contribution in [3.05, 3.63) is 29.3 Å². The van der Waals surface area contributed by atoms with Gasteiger partial charge in [-0.2, -0.15) is 0 Å². The van der Waals surface area contributed by atoms with Gasteiger partial charge in [0.1, 0.15) is 0 Å². The summed E-state index contributed by atoms with van der Waals surface area (Å²) in [6.07, 6.45) is 2.23. The van der Waals surface area contributed by atoms with Gasteiger partial charge in [-0.05, 0) is 36.0 Å². The lowest BCUT2D eigenvalue weighted by Gasteiger charge is -2.36. The average Bonchev–Trinajstić information content (AvgIpc) is 2.73. The van der Waals surface area contributed by atoms with Crippen molar-refractivity contribution < 1.29 is 14.3 Å². The second kappa shape index (κ2) is 10.1. The fourth-order valence-corrected chi connectivity index (χ4v) is 4.01. The minimum Gasteiger partial charge on any atom is -0.379 e. The number of rotatable bonds is 6. The molecule has 1 aromatic rings. The van der Waals surface area contributed by atoms with Crippen molar-refractivity contribution in [2.45, 2.75) is 32.7 Å². The van der Waals surface area contributed by atoms with Crippen LogP contribution in [0.15, 0.2) is 18.2 Å². The maximum atomic E-state index is 12.3. The lowest BCUT2D eigenvalue weighted by molar-refractivity contribution is -0.139. The highest BCUT2D eigenvalue weighted by Gasteiger charge is 2.26. The Morgan fingerprint density at radius 2 is 1.76 bits per heavy atom. The number of fused-ring (bicyclic) bond motifs is 1. The Morgan fingerprint density at radius 3 is 2.45 bits per heavy atom. The Kier molecular flexibility index (Phi) is 7.50. The van der Waals surface area contributed by atoms with E-state index in [2.05, 4.69) is 45.7 Å². The van der Waals surface area contributed by atoms with Gasteiger partial charge in [0.05, 0.1) is 19.3 Å². The highest BCUT2D eigenvalue weighted by atomic mass is 16.5. The molecule has 0 aliphatic carbocycles. The van der Waals surface area contributed by atoms with Gasteiger partial charge in [0.15, 0.2) is 0 Å². The Bertz CT molecular complexity index is 716. The monoisotopic (exact) mass is 402 g/mol. The van der Waals surface area contributed by atoms with Crippen molar-refractivity contribution in [1.82, 2.24) is 15.5 Å². The number of nitrogens with one attached hydrogen (secondary N) is 2. The zero-order valence-corrected chi connectivity index (χ0v) is 17.9. The molecule has 2 aliphatic heterocycles. The van der Waals surface area contributed by atoms with Crippen LogP contribution in [0.2, 0.25) is 0 Å². The molecule has 1 saturated heterocycles. The van der Waals surface area contributed by atoms with E-state index in [1.807, 2.05) is 13.8 Å². The molecule has 2 amide bonds. The van der Waals surface area contributed by atoms with Crippen LogP contribution >= 0.6 is 0 Å². The molecule has 0 radical (unpaired) electrons. The predicted octanol–water partition coefficient (Wildman–Crippen LogP) is 1.33. The van der Waals surface area contributed by atoms with Crippen LogP contribution in [-0.4, -0.2) is 69.7 Å². The van der Waals surface area contributed by atoms with Crippen LogP contribution in [0.5, 0.6) is 0 Å². The van der Waals surface area contributed by atoms with Crippen molar-refractivity contribution in [3.63, 3.8) is 0 Å². The molecule has 1 fully saturated rings. The number of aryl methyl sites for hydroxylation is 1. The zero-order chi connectivity index (χ0) is 20.8. The zero-order valence-electron chi connectivity index (χ0n) is 17.9. The summed E-state index contributed by atoms with van der Waals surface area (Å²) in [5, 5.41) is 5.53. The number of nitrogens with zero attached hydrogens (tertiary/aromatic N) is 2. The van der Waals surface area contributed by atoms with Gasteiger partial charge >= 0.3 is 11.8 Å². The fourth-order valence-electron chi connectivity index (χ4n) is 4.01. The van der Waals surface area contributed by atoms with Crippen molar-refractivity contribution >= 4 is 17.5 Å². The third kappa shape index (κ3) is 5.70. The van der Waals surface area contributed by atoms with Gasteiger partial charge in [-0.3, -0.25) is 14.5 Å². The molecule has 0 spiro atoms. The highest BCUT2D eigenvalue weighted by molar-refractivity contribution is 6.35. The molecule has 2 N–H and O–H groups in total. The van der Waals surface area contributed by atoms with Crippen LogP contribution < -0.4 is 15.5 Å². The summed E-state index contributed by atoms with van der Waals surface area (Å²) in [5.74, 6) is -0.824. The lowest BCUT2D eigenvalue weighted by atomic mass is 9.95. The SMILES string of the molecule is CC(C)CNC(=O)C(=O)NC[C@@H](c1ccc2c(c1)CCCN2C)N1CCOCC1. The van der Waals surface area contributed by atoms with Crippen LogP contribution in [0.4, 0.5) is 5.69 Å². The van der Waals surface area contributed by atoms with Gasteiger partial charge in [-0.1, -0.05) is 26.0 Å². The number of anilines is 1. The molecule has 1 aromatic carbocycles. The summed E-state index contributed by atoms with van der Waals surface area (Å²) in [4.78, 5) is 29.0. The maximum absolute atomic E-state index is 12.3. The highest BCUT2D eigenvalue weighted by Crippen LogP contribution is 2.30. The van der Waals surface area contributed by atoms with Gasteiger partial charge in [-0.15, -0.1) is 0 Å². The van der Waals surface area contributed by atoms with E-state index in [1.165, 1.54) is 16.8 Å². The Labute approximate surface area is 173 Å². The van der Waals surface area contributed by atoms with E-state index >= 15 is 0 Å². The van der Waals surface area contributed by atoms with Crippen molar-refractivity contribution in [3.8, 4) is 0 Å². The molecule has 3 rings (SSSR count). The van der Waals surface area contributed by atoms with Crippen LogP contribution in [0, 0.1) is 5.92 Å². The molecule has 7 nitrogen and oxygen atoms in total. The lowest BCUT2D eigenvalue weighted by Crippen LogP contribution is -2.47. The van der Waals surface area contributed by atoms with Crippen molar-refractivity contribution in [2.75, 3.05) is 57.9 Å². The number of ether oxygens (including phenoxy) is 1. The number of hydrogen-bond donors (Lipinski definition) is 2. The quantitative estimate of drug-likeness (QED) is 0.703. The molecule has 0 unspecified atom stereocenters. The topological polar surface area (TPSA) is 73.9 Å². The summed E-state index contributed by atoms with van der Waals surface area (Å²) < 4.78 is 5.51. The van der Waals surface area contributed by atoms with Crippen LogP contribution in [0.1, 0.15) is 37.4 Å². The van der Waals surface area contributed by atoms with Gasteiger partial charge in [0, 0.05) is 45.5 Å². The number of benzene rings is 1. The number of carbonyl (C=O) groups is 2. The maximum Gasteiger partial charge on any atom is 0.309 e. The molecule has 160 valence electrons. The first kappa shape index (κ1) is 21.6. The fraction of sp³-hybridized carbons (Fsp3) is 0.636. The van der Waals surface area contributed by atoms with Gasteiger partial charge in [0.2, 0.25) is 0 Å². The Balaban J connectivity index is 1.72. The number of carbonyl (C=O) groups excluding carboxylic acids is 2. The molecule has 0 bridgehead atoms. The third-order valence-corrected chi connectivity index (χ3v) is 5.66. The van der Waals surface area contributed by atoms with Crippen molar-refractivity contribution in [1.29, 1.82) is 0 Å². The summed E-state index contributed by atoms with van der Waals surface area (Å²) in [7, 11) is 2.13. The summed E-state index contributed by atoms with van der Waals surface area (Å²) in [6, 6.07) is 6.65. The molecule has 1 atom stereocenters. The molecule has 0 saturated carbocycles. The van der Waals surface area contributed by atoms with Gasteiger partial charge in [-0.25, -0.2) is 0 Å². The molecule has 7 heteroatoms. The first-order valence-electron chi connectivity index (χ1n) is 10.7. The van der Waals surface area contributed by atoms with Gasteiger partial charge in [0.25, 0.3) is 0 Å². The minimum atomic E-state index is -0.568. The van der Waals surface area contributed by atoms with Crippen LogP contribution in [-0.2, 0) is 20.7 Å². The van der Waals surface area contributed by atoms with E-state index in [9.17, 15) is 9.59 Å². The molecule has 0 aromatic heterocycles. The van der Waals surface area contributed by atoms with Crippen LogP contribution in [0.25, 0.3) is 0 Å². The predicted molar refractivity (Wildman–Crippen MR) is 114 cm³/mol. The molecule has 29 heavy (non-hydrogen) atoms. The smallest absolute Gasteiger partial charge is 0.309 e. The number of amides is 2. The molecular weight excluding hydrogens is 368 g/mol.